The van der Waals surface area contributed by atoms with Crippen molar-refractivity contribution >= 4 is 5.91 Å². The summed E-state index contributed by atoms with van der Waals surface area (Å²) in [4.78, 5) is 12.4. The Morgan fingerprint density at radius 1 is 1.27 bits per heavy atom. The molecule has 1 aliphatic heterocycles. The molecular formula is C17H24N2O3. The van der Waals surface area contributed by atoms with Gasteiger partial charge in [-0.15, -0.1) is 0 Å². The number of hydrogen-bond donors (Lipinski definition) is 2. The first kappa shape index (κ1) is 15.2. The Morgan fingerprint density at radius 2 is 2.05 bits per heavy atom. The van der Waals surface area contributed by atoms with Crippen molar-refractivity contribution in [2.45, 2.75) is 44.7 Å². The molecular weight excluding hydrogens is 280 g/mol. The van der Waals surface area contributed by atoms with E-state index >= 15 is 0 Å². The number of benzene rings is 1. The molecule has 5 nitrogen and oxygen atoms in total. The zero-order chi connectivity index (χ0) is 15.5. The monoisotopic (exact) mass is 304 g/mol. The van der Waals surface area contributed by atoms with Gasteiger partial charge in [-0.25, -0.2) is 0 Å². The molecule has 0 bridgehead atoms. The second-order valence-electron chi connectivity index (χ2n) is 6.26. The van der Waals surface area contributed by atoms with Gasteiger partial charge in [-0.05, 0) is 43.9 Å². The van der Waals surface area contributed by atoms with Crippen molar-refractivity contribution in [1.82, 2.24) is 5.32 Å². The number of nitrogens with one attached hydrogen (secondary N) is 1. The fraction of sp³-hybridized carbons (Fsp3) is 0.588. The summed E-state index contributed by atoms with van der Waals surface area (Å²) in [6.07, 6.45) is 3.80. The SMILES string of the molecule is CC(NC(=O)C1CCCC(N)C1)c1ccc2c(c1)OCCO2. The van der Waals surface area contributed by atoms with Crippen molar-refractivity contribution < 1.29 is 14.3 Å². The molecule has 1 fully saturated rings. The maximum Gasteiger partial charge on any atom is 0.223 e. The number of nitrogens with two attached hydrogens (primary N) is 1. The van der Waals surface area contributed by atoms with Gasteiger partial charge < -0.3 is 20.5 Å². The molecule has 1 saturated carbocycles. The molecule has 3 atom stereocenters. The van der Waals surface area contributed by atoms with E-state index in [1.807, 2.05) is 25.1 Å². The minimum atomic E-state index is -0.0542. The first-order valence-corrected chi connectivity index (χ1v) is 8.09. The normalized spacial score (nSPS) is 25.4. The second-order valence-corrected chi connectivity index (χ2v) is 6.26. The van der Waals surface area contributed by atoms with Crippen molar-refractivity contribution in [3.8, 4) is 11.5 Å². The van der Waals surface area contributed by atoms with Crippen molar-refractivity contribution in [1.29, 1.82) is 0 Å². The number of fused-ring (bicyclic) bond motifs is 1. The van der Waals surface area contributed by atoms with Gasteiger partial charge in [0.25, 0.3) is 0 Å². The maximum atomic E-state index is 12.4. The van der Waals surface area contributed by atoms with Crippen LogP contribution in [0.1, 0.15) is 44.2 Å². The highest BCUT2D eigenvalue weighted by atomic mass is 16.6. The molecule has 0 aromatic heterocycles. The van der Waals surface area contributed by atoms with Crippen LogP contribution in [0.4, 0.5) is 0 Å². The number of carbonyl (C=O) groups is 1. The van der Waals surface area contributed by atoms with Crippen LogP contribution < -0.4 is 20.5 Å². The largest absolute Gasteiger partial charge is 0.486 e. The average molecular weight is 304 g/mol. The van der Waals surface area contributed by atoms with Gasteiger partial charge in [0.15, 0.2) is 11.5 Å². The summed E-state index contributed by atoms with van der Waals surface area (Å²) in [5.74, 6) is 1.68. The van der Waals surface area contributed by atoms with Gasteiger partial charge in [0, 0.05) is 12.0 Å². The fourth-order valence-corrected chi connectivity index (χ4v) is 3.21. The van der Waals surface area contributed by atoms with E-state index in [2.05, 4.69) is 5.32 Å². The fourth-order valence-electron chi connectivity index (χ4n) is 3.21. The summed E-state index contributed by atoms with van der Waals surface area (Å²) in [5.41, 5.74) is 7.00. The molecule has 1 aromatic rings. The van der Waals surface area contributed by atoms with Crippen molar-refractivity contribution in [3.05, 3.63) is 23.8 Å². The van der Waals surface area contributed by atoms with E-state index in [1.165, 1.54) is 0 Å². The summed E-state index contributed by atoms with van der Waals surface area (Å²) < 4.78 is 11.1. The highest BCUT2D eigenvalue weighted by molar-refractivity contribution is 5.79. The number of amides is 1. The third kappa shape index (κ3) is 3.35. The van der Waals surface area contributed by atoms with Gasteiger partial charge in [0.05, 0.1) is 6.04 Å². The van der Waals surface area contributed by atoms with E-state index in [0.717, 1.165) is 42.7 Å². The van der Waals surface area contributed by atoms with Gasteiger partial charge in [0.2, 0.25) is 5.91 Å². The van der Waals surface area contributed by atoms with Crippen LogP contribution >= 0.6 is 0 Å². The molecule has 0 saturated heterocycles. The van der Waals surface area contributed by atoms with Crippen molar-refractivity contribution in [2.24, 2.45) is 11.7 Å². The van der Waals surface area contributed by atoms with E-state index in [9.17, 15) is 4.79 Å². The molecule has 5 heteroatoms. The lowest BCUT2D eigenvalue weighted by Gasteiger charge is -2.27. The highest BCUT2D eigenvalue weighted by Gasteiger charge is 2.26. The van der Waals surface area contributed by atoms with E-state index in [0.29, 0.717) is 13.2 Å². The van der Waals surface area contributed by atoms with Gasteiger partial charge in [-0.3, -0.25) is 4.79 Å². The first-order valence-electron chi connectivity index (χ1n) is 8.09. The minimum Gasteiger partial charge on any atom is -0.486 e. The molecule has 0 spiro atoms. The molecule has 3 rings (SSSR count). The minimum absolute atomic E-state index is 0.0448. The number of carbonyl (C=O) groups excluding carboxylic acids is 1. The lowest BCUT2D eigenvalue weighted by Crippen LogP contribution is -2.38. The van der Waals surface area contributed by atoms with Crippen LogP contribution in [-0.2, 0) is 4.79 Å². The Hall–Kier alpha value is -1.75. The van der Waals surface area contributed by atoms with E-state index in [1.54, 1.807) is 0 Å². The molecule has 1 aromatic carbocycles. The van der Waals surface area contributed by atoms with Gasteiger partial charge in [-0.2, -0.15) is 0 Å². The molecule has 0 radical (unpaired) electrons. The molecule has 1 amide bonds. The Balaban J connectivity index is 1.63. The molecule has 120 valence electrons. The summed E-state index contributed by atoms with van der Waals surface area (Å²) in [7, 11) is 0. The van der Waals surface area contributed by atoms with Crippen molar-refractivity contribution in [3.63, 3.8) is 0 Å². The molecule has 1 heterocycles. The summed E-state index contributed by atoms with van der Waals surface area (Å²) in [5, 5.41) is 3.10. The van der Waals surface area contributed by atoms with Crippen LogP contribution in [0.3, 0.4) is 0 Å². The lowest BCUT2D eigenvalue weighted by atomic mass is 9.85. The lowest BCUT2D eigenvalue weighted by molar-refractivity contribution is -0.126. The Morgan fingerprint density at radius 3 is 2.82 bits per heavy atom. The Kier molecular flexibility index (Phi) is 4.52. The second kappa shape index (κ2) is 6.57. The Labute approximate surface area is 131 Å². The van der Waals surface area contributed by atoms with Crippen LogP contribution in [0.2, 0.25) is 0 Å². The summed E-state index contributed by atoms with van der Waals surface area (Å²) >= 11 is 0. The van der Waals surface area contributed by atoms with Crippen LogP contribution in [0, 0.1) is 5.92 Å². The third-order valence-corrected chi connectivity index (χ3v) is 4.51. The van der Waals surface area contributed by atoms with Crippen LogP contribution in [0.25, 0.3) is 0 Å². The van der Waals surface area contributed by atoms with Crippen LogP contribution in [0.15, 0.2) is 18.2 Å². The maximum absolute atomic E-state index is 12.4. The highest BCUT2D eigenvalue weighted by Crippen LogP contribution is 2.33. The molecule has 22 heavy (non-hydrogen) atoms. The number of ether oxygens (including phenoxy) is 2. The van der Waals surface area contributed by atoms with Crippen LogP contribution in [0.5, 0.6) is 11.5 Å². The summed E-state index contributed by atoms with van der Waals surface area (Å²) in [6, 6.07) is 5.94. The first-order chi connectivity index (χ1) is 10.6. The predicted octanol–water partition coefficient (Wildman–Crippen LogP) is 2.15. The topological polar surface area (TPSA) is 73.6 Å². The zero-order valence-corrected chi connectivity index (χ0v) is 13.0. The van der Waals surface area contributed by atoms with Gasteiger partial charge in [0.1, 0.15) is 13.2 Å². The molecule has 3 N–H and O–H groups in total. The molecule has 3 unspecified atom stereocenters. The standard InChI is InChI=1S/C17H24N2O3/c1-11(19-17(20)13-3-2-4-14(18)9-13)12-5-6-15-16(10-12)22-8-7-21-15/h5-6,10-11,13-14H,2-4,7-9,18H2,1H3,(H,19,20). The van der Waals surface area contributed by atoms with Crippen LogP contribution in [-0.4, -0.2) is 25.2 Å². The molecule has 1 aliphatic carbocycles. The number of hydrogen-bond acceptors (Lipinski definition) is 4. The van der Waals surface area contributed by atoms with E-state index < -0.39 is 0 Å². The van der Waals surface area contributed by atoms with E-state index in [4.69, 9.17) is 15.2 Å². The summed E-state index contributed by atoms with van der Waals surface area (Å²) in [6.45, 7) is 3.14. The van der Waals surface area contributed by atoms with Gasteiger partial charge in [-0.1, -0.05) is 12.5 Å². The average Bonchev–Trinajstić information content (AvgIpc) is 2.54. The number of rotatable bonds is 3. The van der Waals surface area contributed by atoms with E-state index in [-0.39, 0.29) is 23.9 Å². The Bertz CT molecular complexity index is 547. The van der Waals surface area contributed by atoms with Crippen molar-refractivity contribution in [2.75, 3.05) is 13.2 Å². The molecule has 2 aliphatic rings. The quantitative estimate of drug-likeness (QED) is 0.897. The predicted molar refractivity (Wildman–Crippen MR) is 83.9 cm³/mol. The zero-order valence-electron chi connectivity index (χ0n) is 13.0. The third-order valence-electron chi connectivity index (χ3n) is 4.51. The smallest absolute Gasteiger partial charge is 0.223 e. The van der Waals surface area contributed by atoms with Gasteiger partial charge >= 0.3 is 0 Å².